The summed E-state index contributed by atoms with van der Waals surface area (Å²) >= 11 is 3.14. The minimum Gasteiger partial charge on any atom is -0.319 e. The van der Waals surface area contributed by atoms with Crippen LogP contribution in [0, 0.1) is 15.9 Å². The summed E-state index contributed by atoms with van der Waals surface area (Å²) in [5, 5.41) is 13.3. The van der Waals surface area contributed by atoms with Crippen LogP contribution in [0.3, 0.4) is 0 Å². The number of non-ortho nitro benzene ring substituents is 1. The van der Waals surface area contributed by atoms with Crippen molar-refractivity contribution < 1.29 is 14.1 Å². The molecule has 0 saturated carbocycles. The first-order valence-corrected chi connectivity index (χ1v) is 8.83. The zero-order chi connectivity index (χ0) is 20.3. The fraction of sp³-hybridized carbons (Fsp3) is 0.0526. The van der Waals surface area contributed by atoms with Crippen LogP contribution in [0.25, 0.3) is 0 Å². The molecule has 0 fully saturated rings. The van der Waals surface area contributed by atoms with Crippen molar-refractivity contribution in [1.82, 2.24) is 4.57 Å². The molecule has 0 aliphatic heterocycles. The Bertz CT molecular complexity index is 1130. The van der Waals surface area contributed by atoms with E-state index in [-0.39, 0.29) is 29.0 Å². The number of nitrogens with zero attached hydrogens (tertiary/aromatic N) is 2. The second-order valence-electron chi connectivity index (χ2n) is 5.89. The molecule has 0 unspecified atom stereocenters. The topological polar surface area (TPSA) is 94.2 Å². The van der Waals surface area contributed by atoms with E-state index in [2.05, 4.69) is 21.2 Å². The highest BCUT2D eigenvalue weighted by molar-refractivity contribution is 9.10. The maximum atomic E-state index is 13.9. The second kappa shape index (κ2) is 8.13. The van der Waals surface area contributed by atoms with Crippen LogP contribution in [0.5, 0.6) is 0 Å². The lowest BCUT2D eigenvalue weighted by molar-refractivity contribution is -0.384. The summed E-state index contributed by atoms with van der Waals surface area (Å²) in [5.74, 6) is -1.19. The van der Waals surface area contributed by atoms with E-state index in [1.807, 2.05) is 0 Å². The summed E-state index contributed by atoms with van der Waals surface area (Å²) in [5.41, 5.74) is 0.216. The normalized spacial score (nSPS) is 10.5. The number of rotatable bonds is 5. The summed E-state index contributed by atoms with van der Waals surface area (Å²) < 4.78 is 15.7. The first-order chi connectivity index (χ1) is 13.3. The van der Waals surface area contributed by atoms with Crippen LogP contribution in [0.15, 0.2) is 70.1 Å². The zero-order valence-corrected chi connectivity index (χ0v) is 15.8. The van der Waals surface area contributed by atoms with Gasteiger partial charge in [-0.25, -0.2) is 4.39 Å². The van der Waals surface area contributed by atoms with Gasteiger partial charge in [-0.15, -0.1) is 0 Å². The Labute approximate surface area is 166 Å². The van der Waals surface area contributed by atoms with Crippen molar-refractivity contribution in [3.63, 3.8) is 0 Å². The Balaban J connectivity index is 1.84. The van der Waals surface area contributed by atoms with Gasteiger partial charge in [0.25, 0.3) is 17.2 Å². The summed E-state index contributed by atoms with van der Waals surface area (Å²) in [6.07, 6.45) is 1.33. The van der Waals surface area contributed by atoms with E-state index in [1.165, 1.54) is 53.2 Å². The molecular formula is C19H13BrFN3O4. The molecule has 1 aromatic heterocycles. The first-order valence-electron chi connectivity index (χ1n) is 8.04. The van der Waals surface area contributed by atoms with Gasteiger partial charge in [0, 0.05) is 28.9 Å². The summed E-state index contributed by atoms with van der Waals surface area (Å²) in [4.78, 5) is 34.9. The summed E-state index contributed by atoms with van der Waals surface area (Å²) in [7, 11) is 0. The van der Waals surface area contributed by atoms with Crippen molar-refractivity contribution in [1.29, 1.82) is 0 Å². The number of nitro groups is 1. The lowest BCUT2D eigenvalue weighted by Crippen LogP contribution is -2.22. The SMILES string of the molecule is O=C(Nc1ccc(Br)cc1F)c1ccc(=O)n(Cc2cccc([N+](=O)[O-])c2)c1. The molecule has 0 aliphatic rings. The number of pyridine rings is 1. The highest BCUT2D eigenvalue weighted by Gasteiger charge is 2.12. The number of amides is 1. The van der Waals surface area contributed by atoms with Crippen LogP contribution < -0.4 is 10.9 Å². The van der Waals surface area contributed by atoms with Crippen molar-refractivity contribution >= 4 is 33.2 Å². The van der Waals surface area contributed by atoms with Crippen molar-refractivity contribution in [3.05, 3.63) is 103 Å². The average Bonchev–Trinajstić information content (AvgIpc) is 2.66. The summed E-state index contributed by atoms with van der Waals surface area (Å²) in [6.45, 7) is 0.0499. The number of hydrogen-bond donors (Lipinski definition) is 1. The van der Waals surface area contributed by atoms with Crippen LogP contribution in [-0.2, 0) is 6.54 Å². The third-order valence-corrected chi connectivity index (χ3v) is 4.39. The molecule has 3 rings (SSSR count). The molecule has 1 N–H and O–H groups in total. The van der Waals surface area contributed by atoms with Crippen molar-refractivity contribution in [3.8, 4) is 0 Å². The molecule has 0 aliphatic carbocycles. The third kappa shape index (κ3) is 4.49. The second-order valence-corrected chi connectivity index (χ2v) is 6.80. The minimum atomic E-state index is -0.604. The molecule has 7 nitrogen and oxygen atoms in total. The number of aromatic nitrogens is 1. The van der Waals surface area contributed by atoms with E-state index in [9.17, 15) is 24.1 Å². The molecule has 0 atom stereocenters. The van der Waals surface area contributed by atoms with E-state index in [4.69, 9.17) is 0 Å². The van der Waals surface area contributed by atoms with Gasteiger partial charge in [-0.05, 0) is 29.8 Å². The molecule has 9 heteroatoms. The van der Waals surface area contributed by atoms with Gasteiger partial charge in [-0.3, -0.25) is 19.7 Å². The molecule has 1 heterocycles. The molecular weight excluding hydrogens is 433 g/mol. The van der Waals surface area contributed by atoms with E-state index in [1.54, 1.807) is 12.1 Å². The number of carbonyl (C=O) groups excluding carboxylic acids is 1. The van der Waals surface area contributed by atoms with Gasteiger partial charge in [0.05, 0.1) is 22.7 Å². The van der Waals surface area contributed by atoms with Gasteiger partial charge in [0.2, 0.25) is 0 Å². The minimum absolute atomic E-state index is 0.00429. The van der Waals surface area contributed by atoms with Crippen LogP contribution >= 0.6 is 15.9 Å². The number of benzene rings is 2. The molecule has 28 heavy (non-hydrogen) atoms. The Morgan fingerprint density at radius 3 is 2.68 bits per heavy atom. The van der Waals surface area contributed by atoms with Gasteiger partial charge in [-0.1, -0.05) is 28.1 Å². The Kier molecular flexibility index (Phi) is 5.65. The van der Waals surface area contributed by atoms with Crippen LogP contribution in [-0.4, -0.2) is 15.4 Å². The fourth-order valence-corrected chi connectivity index (χ4v) is 2.87. The van der Waals surface area contributed by atoms with Gasteiger partial charge < -0.3 is 9.88 Å². The lowest BCUT2D eigenvalue weighted by atomic mass is 10.2. The van der Waals surface area contributed by atoms with Crippen LogP contribution in [0.4, 0.5) is 15.8 Å². The molecule has 0 spiro atoms. The Morgan fingerprint density at radius 1 is 1.18 bits per heavy atom. The predicted octanol–water partition coefficient (Wildman–Crippen LogP) is 3.96. The van der Waals surface area contributed by atoms with Gasteiger partial charge in [-0.2, -0.15) is 0 Å². The highest BCUT2D eigenvalue weighted by Crippen LogP contribution is 2.20. The number of halogens is 2. The Hall–Kier alpha value is -3.33. The van der Waals surface area contributed by atoms with Crippen molar-refractivity contribution in [2.75, 3.05) is 5.32 Å². The van der Waals surface area contributed by atoms with E-state index < -0.39 is 16.6 Å². The highest BCUT2D eigenvalue weighted by atomic mass is 79.9. The molecule has 1 amide bonds. The monoisotopic (exact) mass is 445 g/mol. The molecule has 0 saturated heterocycles. The maximum Gasteiger partial charge on any atom is 0.269 e. The molecule has 3 aromatic rings. The molecule has 0 radical (unpaired) electrons. The standard InChI is InChI=1S/C19H13BrFN3O4/c20-14-5-6-17(16(21)9-14)22-19(26)13-4-7-18(25)23(11-13)10-12-2-1-3-15(8-12)24(27)28/h1-9,11H,10H2,(H,22,26). The smallest absolute Gasteiger partial charge is 0.269 e. The van der Waals surface area contributed by atoms with E-state index >= 15 is 0 Å². The fourth-order valence-electron chi connectivity index (χ4n) is 2.54. The maximum absolute atomic E-state index is 13.9. The Morgan fingerprint density at radius 2 is 1.96 bits per heavy atom. The number of nitro benzene ring substituents is 1. The van der Waals surface area contributed by atoms with Gasteiger partial charge >= 0.3 is 0 Å². The number of hydrogen-bond acceptors (Lipinski definition) is 4. The molecule has 0 bridgehead atoms. The van der Waals surface area contributed by atoms with E-state index in [0.717, 1.165) is 0 Å². The molecule has 142 valence electrons. The first kappa shape index (κ1) is 19.4. The number of anilines is 1. The zero-order valence-electron chi connectivity index (χ0n) is 14.3. The lowest BCUT2D eigenvalue weighted by Gasteiger charge is -2.10. The van der Waals surface area contributed by atoms with E-state index in [0.29, 0.717) is 10.0 Å². The van der Waals surface area contributed by atoms with Gasteiger partial charge in [0.1, 0.15) is 5.82 Å². The van der Waals surface area contributed by atoms with Crippen molar-refractivity contribution in [2.24, 2.45) is 0 Å². The van der Waals surface area contributed by atoms with Crippen LogP contribution in [0.2, 0.25) is 0 Å². The van der Waals surface area contributed by atoms with Crippen LogP contribution in [0.1, 0.15) is 15.9 Å². The summed E-state index contributed by atoms with van der Waals surface area (Å²) in [6, 6.07) is 12.6. The van der Waals surface area contributed by atoms with Crippen molar-refractivity contribution in [2.45, 2.75) is 6.54 Å². The van der Waals surface area contributed by atoms with Gasteiger partial charge in [0.15, 0.2) is 0 Å². The quantitative estimate of drug-likeness (QED) is 0.474. The predicted molar refractivity (Wildman–Crippen MR) is 105 cm³/mol. The number of carbonyl (C=O) groups is 1. The number of nitrogens with one attached hydrogen (secondary N) is 1. The largest absolute Gasteiger partial charge is 0.319 e. The molecule has 2 aromatic carbocycles. The third-order valence-electron chi connectivity index (χ3n) is 3.90. The average molecular weight is 446 g/mol.